The first-order chi connectivity index (χ1) is 7.35. The second-order valence-electron chi connectivity index (χ2n) is 3.89. The van der Waals surface area contributed by atoms with Crippen LogP contribution in [0.15, 0.2) is 25.3 Å². The first-order valence-corrected chi connectivity index (χ1v) is 5.99. The van der Waals surface area contributed by atoms with E-state index in [4.69, 9.17) is 5.73 Å². The smallest absolute Gasteiger partial charge is 0.0163 e. The fourth-order valence-electron chi connectivity index (χ4n) is 1.63. The third-order valence-corrected chi connectivity index (χ3v) is 2.45. The zero-order chi connectivity index (χ0) is 11.4. The molecule has 2 nitrogen and oxygen atoms in total. The molecule has 88 valence electrons. The fourth-order valence-corrected chi connectivity index (χ4v) is 1.63. The Morgan fingerprint density at radius 1 is 0.867 bits per heavy atom. The van der Waals surface area contributed by atoms with Crippen LogP contribution in [0.2, 0.25) is 0 Å². The van der Waals surface area contributed by atoms with Crippen LogP contribution < -0.4 is 5.73 Å². The van der Waals surface area contributed by atoms with Crippen molar-refractivity contribution in [1.82, 2.24) is 4.90 Å². The second-order valence-corrected chi connectivity index (χ2v) is 3.89. The minimum Gasteiger partial charge on any atom is -0.330 e. The number of rotatable bonds is 11. The molecule has 0 unspecified atom stereocenters. The number of hydrogen-bond donors (Lipinski definition) is 1. The molecule has 2 heteroatoms. The molecule has 0 fully saturated rings. The maximum absolute atomic E-state index is 5.44. The zero-order valence-corrected chi connectivity index (χ0v) is 9.96. The van der Waals surface area contributed by atoms with Gasteiger partial charge in [0, 0.05) is 13.1 Å². The van der Waals surface area contributed by atoms with Gasteiger partial charge >= 0.3 is 0 Å². The molecule has 0 saturated heterocycles. The molecule has 15 heavy (non-hydrogen) atoms. The highest BCUT2D eigenvalue weighted by Gasteiger charge is 1.99. The monoisotopic (exact) mass is 210 g/mol. The first-order valence-electron chi connectivity index (χ1n) is 5.99. The Morgan fingerprint density at radius 3 is 1.93 bits per heavy atom. The Balaban J connectivity index is 3.35. The molecule has 0 amide bonds. The van der Waals surface area contributed by atoms with Crippen molar-refractivity contribution < 1.29 is 0 Å². The average molecular weight is 210 g/mol. The summed E-state index contributed by atoms with van der Waals surface area (Å²) >= 11 is 0. The summed E-state index contributed by atoms with van der Waals surface area (Å²) in [5, 5.41) is 0. The molecule has 0 atom stereocenters. The molecule has 0 radical (unpaired) electrons. The number of nitrogens with two attached hydrogens (primary N) is 1. The van der Waals surface area contributed by atoms with E-state index >= 15 is 0 Å². The van der Waals surface area contributed by atoms with E-state index in [2.05, 4.69) is 18.1 Å². The van der Waals surface area contributed by atoms with Crippen LogP contribution in [0, 0.1) is 0 Å². The molecular formula is C13H26N2. The van der Waals surface area contributed by atoms with Crippen LogP contribution in [0.1, 0.15) is 32.1 Å². The molecule has 0 aliphatic rings. The molecule has 0 aromatic heterocycles. The zero-order valence-electron chi connectivity index (χ0n) is 9.96. The van der Waals surface area contributed by atoms with E-state index in [0.717, 1.165) is 26.2 Å². The Hall–Kier alpha value is -0.600. The maximum atomic E-state index is 5.44. The van der Waals surface area contributed by atoms with Gasteiger partial charge in [0.1, 0.15) is 0 Å². The molecule has 2 N–H and O–H groups in total. The summed E-state index contributed by atoms with van der Waals surface area (Å²) in [7, 11) is 0. The van der Waals surface area contributed by atoms with Gasteiger partial charge in [-0.15, -0.1) is 13.2 Å². The van der Waals surface area contributed by atoms with Gasteiger partial charge in [-0.1, -0.05) is 31.4 Å². The van der Waals surface area contributed by atoms with Crippen LogP contribution in [0.25, 0.3) is 0 Å². The predicted octanol–water partition coefficient (Wildman–Crippen LogP) is 2.57. The van der Waals surface area contributed by atoms with Crippen LogP contribution >= 0.6 is 0 Å². The van der Waals surface area contributed by atoms with Gasteiger partial charge in [-0.3, -0.25) is 4.90 Å². The summed E-state index contributed by atoms with van der Waals surface area (Å²) in [6.45, 7) is 11.4. The topological polar surface area (TPSA) is 29.3 Å². The van der Waals surface area contributed by atoms with Gasteiger partial charge in [0.25, 0.3) is 0 Å². The van der Waals surface area contributed by atoms with E-state index in [-0.39, 0.29) is 0 Å². The van der Waals surface area contributed by atoms with Crippen LogP contribution in [0.4, 0.5) is 0 Å². The minimum absolute atomic E-state index is 0.832. The highest BCUT2D eigenvalue weighted by atomic mass is 15.1. The Morgan fingerprint density at radius 2 is 1.40 bits per heavy atom. The van der Waals surface area contributed by atoms with Gasteiger partial charge in [0.15, 0.2) is 0 Å². The van der Waals surface area contributed by atoms with E-state index in [9.17, 15) is 0 Å². The van der Waals surface area contributed by atoms with Gasteiger partial charge in [-0.05, 0) is 25.9 Å². The van der Waals surface area contributed by atoms with Crippen molar-refractivity contribution in [3.8, 4) is 0 Å². The first kappa shape index (κ1) is 14.4. The molecule has 0 rings (SSSR count). The third kappa shape index (κ3) is 9.70. The normalized spacial score (nSPS) is 10.5. The standard InChI is InChI=1S/C13H26N2/c1-3-11-15(12-4-2)13-9-7-5-6-8-10-14/h3-4H,1-2,5-14H2. The number of unbranched alkanes of at least 4 members (excludes halogenated alkanes) is 4. The van der Waals surface area contributed by atoms with E-state index in [1.165, 1.54) is 32.1 Å². The van der Waals surface area contributed by atoms with Crippen molar-refractivity contribution in [2.24, 2.45) is 5.73 Å². The molecule has 0 aliphatic carbocycles. The van der Waals surface area contributed by atoms with Crippen molar-refractivity contribution in [3.05, 3.63) is 25.3 Å². The number of nitrogens with zero attached hydrogens (tertiary/aromatic N) is 1. The van der Waals surface area contributed by atoms with E-state index in [1.807, 2.05) is 12.2 Å². The van der Waals surface area contributed by atoms with Gasteiger partial charge in [-0.25, -0.2) is 0 Å². The lowest BCUT2D eigenvalue weighted by Gasteiger charge is -2.18. The van der Waals surface area contributed by atoms with Crippen molar-refractivity contribution in [2.45, 2.75) is 32.1 Å². The van der Waals surface area contributed by atoms with Crippen molar-refractivity contribution in [2.75, 3.05) is 26.2 Å². The van der Waals surface area contributed by atoms with E-state index in [0.29, 0.717) is 0 Å². The Kier molecular flexibility index (Phi) is 11.0. The molecule has 0 saturated carbocycles. The summed E-state index contributed by atoms with van der Waals surface area (Å²) in [6, 6.07) is 0. The lowest BCUT2D eigenvalue weighted by atomic mass is 10.1. The number of hydrogen-bond acceptors (Lipinski definition) is 2. The van der Waals surface area contributed by atoms with E-state index in [1.54, 1.807) is 0 Å². The largest absolute Gasteiger partial charge is 0.330 e. The van der Waals surface area contributed by atoms with E-state index < -0.39 is 0 Å². The summed E-state index contributed by atoms with van der Waals surface area (Å²) in [4.78, 5) is 2.36. The Bertz CT molecular complexity index is 145. The summed E-state index contributed by atoms with van der Waals surface area (Å²) in [5.74, 6) is 0. The summed E-state index contributed by atoms with van der Waals surface area (Å²) < 4.78 is 0. The van der Waals surface area contributed by atoms with Crippen LogP contribution in [0.5, 0.6) is 0 Å². The van der Waals surface area contributed by atoms with Crippen LogP contribution in [-0.2, 0) is 0 Å². The van der Waals surface area contributed by atoms with Gasteiger partial charge in [-0.2, -0.15) is 0 Å². The molecule has 0 aliphatic heterocycles. The van der Waals surface area contributed by atoms with Crippen molar-refractivity contribution in [1.29, 1.82) is 0 Å². The third-order valence-electron chi connectivity index (χ3n) is 2.45. The van der Waals surface area contributed by atoms with Gasteiger partial charge in [0.05, 0.1) is 0 Å². The molecule has 0 bridgehead atoms. The van der Waals surface area contributed by atoms with Crippen LogP contribution in [-0.4, -0.2) is 31.1 Å². The van der Waals surface area contributed by atoms with Gasteiger partial charge < -0.3 is 5.73 Å². The van der Waals surface area contributed by atoms with Gasteiger partial charge in [0.2, 0.25) is 0 Å². The lowest BCUT2D eigenvalue weighted by Crippen LogP contribution is -2.24. The molecule has 0 heterocycles. The average Bonchev–Trinajstić information content (AvgIpc) is 2.24. The minimum atomic E-state index is 0.832. The molecular weight excluding hydrogens is 184 g/mol. The second kappa shape index (κ2) is 11.5. The van der Waals surface area contributed by atoms with Crippen molar-refractivity contribution in [3.63, 3.8) is 0 Å². The fraction of sp³-hybridized carbons (Fsp3) is 0.692. The highest BCUT2D eigenvalue weighted by molar-refractivity contribution is 4.79. The predicted molar refractivity (Wildman–Crippen MR) is 69.0 cm³/mol. The lowest BCUT2D eigenvalue weighted by molar-refractivity contribution is 0.324. The van der Waals surface area contributed by atoms with Crippen LogP contribution in [0.3, 0.4) is 0 Å². The molecule has 0 aromatic carbocycles. The highest BCUT2D eigenvalue weighted by Crippen LogP contribution is 2.03. The summed E-state index contributed by atoms with van der Waals surface area (Å²) in [6.07, 6.45) is 10.3. The SMILES string of the molecule is C=CCN(CC=C)CCCCCCCN. The van der Waals surface area contributed by atoms with Crippen molar-refractivity contribution >= 4 is 0 Å². The summed E-state index contributed by atoms with van der Waals surface area (Å²) in [5.41, 5.74) is 5.44. The Labute approximate surface area is 94.8 Å². The maximum Gasteiger partial charge on any atom is 0.0163 e. The quantitative estimate of drug-likeness (QED) is 0.419. The molecule has 0 aromatic rings. The molecule has 0 spiro atoms.